The standard InChI is InChI=1S/C21H30O8S3/c1-13(2)15(22)26-9-11-28-17(24)20(5,6)31-19(30)32-21(7,8)18(25)29-12-10-27-16(23)14(3)4/h1,3,9-12H2,2,4-8H3. The molecule has 0 radical (unpaired) electrons. The number of carbonyl (C=O) groups is 4. The van der Waals surface area contributed by atoms with Crippen LogP contribution in [0.1, 0.15) is 41.5 Å². The molecule has 0 N–H and O–H groups in total. The van der Waals surface area contributed by atoms with Gasteiger partial charge in [0.05, 0.1) is 0 Å². The summed E-state index contributed by atoms with van der Waals surface area (Å²) >= 11 is 7.48. The summed E-state index contributed by atoms with van der Waals surface area (Å²) in [5, 5.41) is 0. The first-order valence-electron chi connectivity index (χ1n) is 9.52. The average molecular weight is 507 g/mol. The van der Waals surface area contributed by atoms with Crippen LogP contribution in [-0.4, -0.2) is 63.3 Å². The van der Waals surface area contributed by atoms with Crippen molar-refractivity contribution in [2.75, 3.05) is 26.4 Å². The largest absolute Gasteiger partial charge is 0.461 e. The molecule has 0 aliphatic heterocycles. The van der Waals surface area contributed by atoms with Crippen molar-refractivity contribution < 1.29 is 38.1 Å². The number of hydrogen-bond donors (Lipinski definition) is 0. The van der Waals surface area contributed by atoms with Crippen LogP contribution in [0.3, 0.4) is 0 Å². The lowest BCUT2D eigenvalue weighted by Crippen LogP contribution is -2.35. The molecule has 32 heavy (non-hydrogen) atoms. The van der Waals surface area contributed by atoms with Gasteiger partial charge in [-0.05, 0) is 41.5 Å². The third kappa shape index (κ3) is 11.7. The van der Waals surface area contributed by atoms with E-state index in [0.717, 1.165) is 23.5 Å². The van der Waals surface area contributed by atoms with Crippen LogP contribution in [0.15, 0.2) is 24.3 Å². The normalized spacial score (nSPS) is 11.2. The van der Waals surface area contributed by atoms with E-state index in [2.05, 4.69) is 13.2 Å². The molecule has 0 aliphatic carbocycles. The molecule has 8 nitrogen and oxygen atoms in total. The summed E-state index contributed by atoms with van der Waals surface area (Å²) in [4.78, 5) is 47.3. The minimum Gasteiger partial charge on any atom is -0.461 e. The number of carbonyl (C=O) groups excluding carboxylic acids is 4. The van der Waals surface area contributed by atoms with Crippen LogP contribution < -0.4 is 0 Å². The van der Waals surface area contributed by atoms with Crippen molar-refractivity contribution in [1.82, 2.24) is 0 Å². The quantitative estimate of drug-likeness (QED) is 0.127. The number of thioether (sulfide) groups is 2. The molecule has 0 saturated heterocycles. The Labute approximate surface area is 202 Å². The maximum atomic E-state index is 12.3. The maximum Gasteiger partial charge on any atom is 0.333 e. The van der Waals surface area contributed by atoms with Gasteiger partial charge >= 0.3 is 23.9 Å². The molecule has 0 amide bonds. The van der Waals surface area contributed by atoms with Crippen LogP contribution in [0.2, 0.25) is 0 Å². The van der Waals surface area contributed by atoms with E-state index < -0.39 is 33.4 Å². The van der Waals surface area contributed by atoms with E-state index in [9.17, 15) is 19.2 Å². The molecule has 0 saturated carbocycles. The third-order valence-corrected chi connectivity index (χ3v) is 6.14. The van der Waals surface area contributed by atoms with E-state index in [-0.39, 0.29) is 37.6 Å². The summed E-state index contributed by atoms with van der Waals surface area (Å²) < 4.78 is 18.3. The molecular formula is C21H30O8S3. The Morgan fingerprint density at radius 2 is 0.969 bits per heavy atom. The summed E-state index contributed by atoms with van der Waals surface area (Å²) in [5.41, 5.74) is 0.507. The molecule has 0 aromatic heterocycles. The Morgan fingerprint density at radius 1 is 0.688 bits per heavy atom. The molecular weight excluding hydrogens is 476 g/mol. The van der Waals surface area contributed by atoms with Gasteiger partial charge in [0.2, 0.25) is 0 Å². The second-order valence-electron chi connectivity index (χ2n) is 7.58. The summed E-state index contributed by atoms with van der Waals surface area (Å²) in [6.45, 7) is 16.1. The third-order valence-electron chi connectivity index (χ3n) is 3.46. The van der Waals surface area contributed by atoms with E-state index >= 15 is 0 Å². The van der Waals surface area contributed by atoms with Gasteiger partial charge in [-0.25, -0.2) is 9.59 Å². The van der Waals surface area contributed by atoms with Gasteiger partial charge in [-0.15, -0.1) is 0 Å². The van der Waals surface area contributed by atoms with Crippen LogP contribution in [0.5, 0.6) is 0 Å². The Hall–Kier alpha value is -1.85. The number of esters is 4. The summed E-state index contributed by atoms with van der Waals surface area (Å²) in [5.74, 6) is -2.21. The monoisotopic (exact) mass is 506 g/mol. The fraction of sp³-hybridized carbons (Fsp3) is 0.571. The lowest BCUT2D eigenvalue weighted by Gasteiger charge is -2.26. The Morgan fingerprint density at radius 3 is 1.25 bits per heavy atom. The van der Waals surface area contributed by atoms with Gasteiger partial charge in [0.1, 0.15) is 39.5 Å². The lowest BCUT2D eigenvalue weighted by molar-refractivity contribution is -0.151. The topological polar surface area (TPSA) is 105 Å². The first kappa shape index (κ1) is 30.1. The van der Waals surface area contributed by atoms with Crippen molar-refractivity contribution in [1.29, 1.82) is 0 Å². The highest BCUT2D eigenvalue weighted by atomic mass is 32.2. The van der Waals surface area contributed by atoms with E-state index in [1.807, 2.05) is 0 Å². The second-order valence-corrected chi connectivity index (χ2v) is 12.0. The minimum absolute atomic E-state index is 0.0854. The van der Waals surface area contributed by atoms with Crippen molar-refractivity contribution >= 4 is 63.1 Å². The zero-order valence-corrected chi connectivity index (χ0v) is 21.7. The number of hydrogen-bond acceptors (Lipinski definition) is 11. The predicted octanol–water partition coefficient (Wildman–Crippen LogP) is 3.62. The SMILES string of the molecule is C=C(C)C(=O)OCCOC(=O)C(C)(C)SC(=S)SC(C)(C)C(=O)OCCOC(=O)C(=C)C. The van der Waals surface area contributed by atoms with Crippen molar-refractivity contribution in [3.8, 4) is 0 Å². The molecule has 0 bridgehead atoms. The molecule has 0 unspecified atom stereocenters. The zero-order valence-electron chi connectivity index (χ0n) is 19.2. The Bertz CT molecular complexity index is 709. The molecule has 180 valence electrons. The average Bonchev–Trinajstić information content (AvgIpc) is 2.66. The number of ether oxygens (including phenoxy) is 4. The molecule has 0 heterocycles. The van der Waals surface area contributed by atoms with Gasteiger partial charge in [-0.2, -0.15) is 0 Å². The summed E-state index contributed by atoms with van der Waals surface area (Å²) in [6.07, 6.45) is 0. The lowest BCUT2D eigenvalue weighted by atomic mass is 10.2. The summed E-state index contributed by atoms with van der Waals surface area (Å²) in [6, 6.07) is 0. The molecule has 11 heteroatoms. The van der Waals surface area contributed by atoms with Gasteiger partial charge in [0.25, 0.3) is 0 Å². The molecule has 0 spiro atoms. The number of thiocarbonyl (C=S) groups is 1. The fourth-order valence-corrected chi connectivity index (χ4v) is 5.44. The minimum atomic E-state index is -1.03. The summed E-state index contributed by atoms with van der Waals surface area (Å²) in [7, 11) is 0. The van der Waals surface area contributed by atoms with Gasteiger partial charge in [-0.1, -0.05) is 48.9 Å². The molecule has 0 aromatic carbocycles. The Balaban J connectivity index is 4.52. The molecule has 0 rings (SSSR count). The molecule has 0 aromatic rings. The second kappa shape index (κ2) is 13.6. The zero-order chi connectivity index (χ0) is 25.1. The van der Waals surface area contributed by atoms with Crippen molar-refractivity contribution in [3.05, 3.63) is 24.3 Å². The van der Waals surface area contributed by atoms with Crippen molar-refractivity contribution in [2.45, 2.75) is 51.0 Å². The van der Waals surface area contributed by atoms with Crippen molar-refractivity contribution in [3.63, 3.8) is 0 Å². The fourth-order valence-electron chi connectivity index (χ4n) is 1.65. The van der Waals surface area contributed by atoms with Gasteiger partial charge in [0.15, 0.2) is 0 Å². The van der Waals surface area contributed by atoms with Crippen LogP contribution in [0, 0.1) is 0 Å². The molecule has 0 atom stereocenters. The van der Waals surface area contributed by atoms with Crippen LogP contribution in [0.4, 0.5) is 0 Å². The highest BCUT2D eigenvalue weighted by Gasteiger charge is 2.37. The van der Waals surface area contributed by atoms with E-state index in [1.165, 1.54) is 13.8 Å². The highest BCUT2D eigenvalue weighted by Crippen LogP contribution is 2.38. The molecule has 0 aliphatic rings. The van der Waals surface area contributed by atoms with Crippen LogP contribution in [0.25, 0.3) is 0 Å². The highest BCUT2D eigenvalue weighted by molar-refractivity contribution is 8.48. The molecule has 0 fully saturated rings. The van der Waals surface area contributed by atoms with Crippen molar-refractivity contribution in [2.24, 2.45) is 0 Å². The smallest absolute Gasteiger partial charge is 0.333 e. The van der Waals surface area contributed by atoms with Gasteiger partial charge in [-0.3, -0.25) is 9.59 Å². The first-order valence-corrected chi connectivity index (χ1v) is 11.6. The van der Waals surface area contributed by atoms with E-state index in [4.69, 9.17) is 31.2 Å². The van der Waals surface area contributed by atoms with E-state index in [0.29, 0.717) is 3.53 Å². The predicted molar refractivity (Wildman–Crippen MR) is 129 cm³/mol. The maximum absolute atomic E-state index is 12.3. The van der Waals surface area contributed by atoms with Crippen LogP contribution in [-0.2, 0) is 38.1 Å². The van der Waals surface area contributed by atoms with Gasteiger partial charge < -0.3 is 18.9 Å². The van der Waals surface area contributed by atoms with Crippen LogP contribution >= 0.6 is 35.7 Å². The van der Waals surface area contributed by atoms with E-state index in [1.54, 1.807) is 27.7 Å². The van der Waals surface area contributed by atoms with Gasteiger partial charge in [0, 0.05) is 11.1 Å². The Kier molecular flexibility index (Phi) is 12.9. The number of rotatable bonds is 12. The first-order chi connectivity index (χ1) is 14.6.